The first kappa shape index (κ1) is 28.5. The van der Waals surface area contributed by atoms with E-state index in [0.717, 1.165) is 52.5 Å². The molecule has 236 valence electrons. The number of aromatic nitrogens is 2. The summed E-state index contributed by atoms with van der Waals surface area (Å²) in [4.78, 5) is 10.0. The molecule has 0 saturated heterocycles. The van der Waals surface area contributed by atoms with Gasteiger partial charge in [-0.15, -0.1) is 0 Å². The highest BCUT2D eigenvalue weighted by atomic mass is 16.5. The Morgan fingerprint density at radius 3 is 2.28 bits per heavy atom. The van der Waals surface area contributed by atoms with Gasteiger partial charge in [0.05, 0.1) is 29.1 Å². The third-order valence-corrected chi connectivity index (χ3v) is 11.0. The Bertz CT molecular complexity index is 2120. The van der Waals surface area contributed by atoms with Crippen molar-refractivity contribution >= 4 is 38.9 Å². The van der Waals surface area contributed by atoms with Crippen LogP contribution in [0.4, 0.5) is 17.1 Å². The van der Waals surface area contributed by atoms with Crippen LogP contribution in [0.25, 0.3) is 27.6 Å². The molecule has 0 radical (unpaired) electrons. The zero-order chi connectivity index (χ0) is 31.7. The molecule has 2 bridgehead atoms. The molecule has 5 nitrogen and oxygen atoms in total. The molecular weight excluding hydrogens is 576 g/mol. The van der Waals surface area contributed by atoms with Crippen molar-refractivity contribution in [3.8, 4) is 17.3 Å². The summed E-state index contributed by atoms with van der Waals surface area (Å²) in [7, 11) is 0. The van der Waals surface area contributed by atoms with E-state index in [2.05, 4.69) is 138 Å². The van der Waals surface area contributed by atoms with Crippen molar-refractivity contribution in [3.05, 3.63) is 115 Å². The zero-order valence-electron chi connectivity index (χ0n) is 27.6. The molecule has 3 saturated carbocycles. The predicted octanol–water partition coefficient (Wildman–Crippen LogP) is 10.8. The van der Waals surface area contributed by atoms with Crippen LogP contribution in [0.5, 0.6) is 11.5 Å². The molecular formula is C42H42N4O. The molecule has 0 N–H and O–H groups in total. The van der Waals surface area contributed by atoms with Gasteiger partial charge in [-0.05, 0) is 96.7 Å². The van der Waals surface area contributed by atoms with Crippen molar-refractivity contribution in [2.45, 2.75) is 64.3 Å². The molecule has 0 spiro atoms. The first-order valence-corrected chi connectivity index (χ1v) is 17.3. The average Bonchev–Trinajstić information content (AvgIpc) is 3.65. The van der Waals surface area contributed by atoms with E-state index in [4.69, 9.17) is 9.72 Å². The summed E-state index contributed by atoms with van der Waals surface area (Å²) in [6.07, 6.45) is 8.89. The Hall–Kier alpha value is -4.77. The van der Waals surface area contributed by atoms with Gasteiger partial charge in [-0.1, -0.05) is 70.0 Å². The first-order valence-electron chi connectivity index (χ1n) is 17.3. The monoisotopic (exact) mass is 618 g/mol. The van der Waals surface area contributed by atoms with E-state index in [-0.39, 0.29) is 5.41 Å². The van der Waals surface area contributed by atoms with Crippen LogP contribution in [0.15, 0.2) is 109 Å². The van der Waals surface area contributed by atoms with Gasteiger partial charge in [0, 0.05) is 40.8 Å². The van der Waals surface area contributed by atoms with Gasteiger partial charge in [-0.25, -0.2) is 4.98 Å². The fourth-order valence-corrected chi connectivity index (χ4v) is 8.59. The Labute approximate surface area is 277 Å². The van der Waals surface area contributed by atoms with Gasteiger partial charge in [-0.3, -0.25) is 4.57 Å². The van der Waals surface area contributed by atoms with Crippen LogP contribution in [0.2, 0.25) is 0 Å². The smallest absolute Gasteiger partial charge is 0.137 e. The second kappa shape index (κ2) is 10.9. The number of fused-ring (bicyclic) bond motifs is 7. The van der Waals surface area contributed by atoms with Gasteiger partial charge < -0.3 is 14.5 Å². The van der Waals surface area contributed by atoms with Crippen LogP contribution in [-0.4, -0.2) is 22.3 Å². The van der Waals surface area contributed by atoms with Crippen molar-refractivity contribution in [1.82, 2.24) is 9.55 Å². The molecule has 3 heterocycles. The molecule has 1 aliphatic heterocycles. The van der Waals surface area contributed by atoms with Gasteiger partial charge in [-0.2, -0.15) is 0 Å². The largest absolute Gasteiger partial charge is 0.457 e. The van der Waals surface area contributed by atoms with Crippen molar-refractivity contribution in [2.75, 3.05) is 16.5 Å². The molecule has 47 heavy (non-hydrogen) atoms. The molecule has 6 aromatic rings. The Kier molecular flexibility index (Phi) is 6.60. The van der Waals surface area contributed by atoms with E-state index in [9.17, 15) is 0 Å². The SMILES string of the molecule is CC(C)(C)c1ccnc(-n2c3ccccc3c3ccc(Oc4cccc(N5CN(C6CC7CCC6CC7)c6ccccc65)c4)cc32)c1. The summed E-state index contributed by atoms with van der Waals surface area (Å²) in [5, 5.41) is 2.40. The van der Waals surface area contributed by atoms with Gasteiger partial charge in [0.25, 0.3) is 0 Å². The molecule has 1 atom stereocenters. The van der Waals surface area contributed by atoms with Crippen LogP contribution in [0.3, 0.4) is 0 Å². The van der Waals surface area contributed by atoms with Gasteiger partial charge in [0.1, 0.15) is 17.3 Å². The van der Waals surface area contributed by atoms with Crippen LogP contribution in [-0.2, 0) is 5.41 Å². The Morgan fingerprint density at radius 2 is 1.47 bits per heavy atom. The van der Waals surface area contributed by atoms with E-state index in [1.807, 2.05) is 6.20 Å². The average molecular weight is 619 g/mol. The lowest BCUT2D eigenvalue weighted by atomic mass is 9.67. The number of ether oxygens (including phenoxy) is 1. The lowest BCUT2D eigenvalue weighted by Gasteiger charge is -2.47. The quantitative estimate of drug-likeness (QED) is 0.192. The van der Waals surface area contributed by atoms with E-state index in [1.54, 1.807) is 0 Å². The Balaban J connectivity index is 1.06. The fourth-order valence-electron chi connectivity index (χ4n) is 8.59. The maximum absolute atomic E-state index is 6.65. The second-order valence-corrected chi connectivity index (χ2v) is 14.9. The van der Waals surface area contributed by atoms with E-state index < -0.39 is 0 Å². The highest BCUT2D eigenvalue weighted by Crippen LogP contribution is 2.49. The van der Waals surface area contributed by atoms with Gasteiger partial charge in [0.2, 0.25) is 0 Å². The van der Waals surface area contributed by atoms with E-state index in [1.165, 1.54) is 59.8 Å². The third kappa shape index (κ3) is 4.86. The summed E-state index contributed by atoms with van der Waals surface area (Å²) in [6, 6.07) is 37.6. The topological polar surface area (TPSA) is 33.5 Å². The summed E-state index contributed by atoms with van der Waals surface area (Å²) in [5.41, 5.74) is 7.35. The molecule has 2 aromatic heterocycles. The van der Waals surface area contributed by atoms with Crippen LogP contribution in [0, 0.1) is 11.8 Å². The summed E-state index contributed by atoms with van der Waals surface area (Å²) < 4.78 is 8.92. The Morgan fingerprint density at radius 1 is 0.702 bits per heavy atom. The summed E-state index contributed by atoms with van der Waals surface area (Å²) >= 11 is 0. The number of anilines is 3. The number of hydrogen-bond donors (Lipinski definition) is 0. The fraction of sp³-hybridized carbons (Fsp3) is 0.310. The van der Waals surface area contributed by atoms with Gasteiger partial charge >= 0.3 is 0 Å². The minimum atomic E-state index is 0.0264. The highest BCUT2D eigenvalue weighted by molar-refractivity contribution is 6.09. The van der Waals surface area contributed by atoms with Crippen molar-refractivity contribution in [3.63, 3.8) is 0 Å². The molecule has 4 aromatic carbocycles. The third-order valence-electron chi connectivity index (χ3n) is 11.0. The molecule has 5 heteroatoms. The standard InChI is InChI=1S/C42H42N4O/c1-42(2,3)30-21-22-43-41(24-30)46-36-12-5-4-11-34(36)35-20-19-33(26-40(35)46)47-32-10-8-9-31(25-32)44-27-45(38-14-7-6-13-37(38)44)39-23-28-15-17-29(39)18-16-28/h4-14,19-22,24-26,28-29,39H,15-18,23,27H2,1-3H3. The molecule has 0 amide bonds. The number of hydrogen-bond acceptors (Lipinski definition) is 4. The van der Waals surface area contributed by atoms with Crippen LogP contribution >= 0.6 is 0 Å². The predicted molar refractivity (Wildman–Crippen MR) is 194 cm³/mol. The number of para-hydroxylation sites is 3. The molecule has 4 aliphatic rings. The zero-order valence-corrected chi connectivity index (χ0v) is 27.6. The second-order valence-electron chi connectivity index (χ2n) is 14.9. The van der Waals surface area contributed by atoms with Crippen LogP contribution in [0.1, 0.15) is 58.4 Å². The maximum atomic E-state index is 6.65. The lowest BCUT2D eigenvalue weighted by molar-refractivity contribution is 0.142. The van der Waals surface area contributed by atoms with E-state index in [0.29, 0.717) is 6.04 Å². The number of pyridine rings is 1. The van der Waals surface area contributed by atoms with Crippen molar-refractivity contribution in [1.29, 1.82) is 0 Å². The number of rotatable bonds is 5. The number of benzene rings is 4. The molecule has 1 unspecified atom stereocenters. The molecule has 10 rings (SSSR count). The van der Waals surface area contributed by atoms with Crippen molar-refractivity contribution < 1.29 is 4.74 Å². The summed E-state index contributed by atoms with van der Waals surface area (Å²) in [6.45, 7) is 7.63. The minimum Gasteiger partial charge on any atom is -0.457 e. The van der Waals surface area contributed by atoms with E-state index >= 15 is 0 Å². The normalized spacial score (nSPS) is 20.7. The van der Waals surface area contributed by atoms with Crippen molar-refractivity contribution in [2.24, 2.45) is 11.8 Å². The lowest BCUT2D eigenvalue weighted by Crippen LogP contribution is -2.48. The maximum Gasteiger partial charge on any atom is 0.137 e. The molecule has 3 fully saturated rings. The minimum absolute atomic E-state index is 0.0264. The first-order chi connectivity index (χ1) is 22.9. The van der Waals surface area contributed by atoms with Crippen LogP contribution < -0.4 is 14.5 Å². The summed E-state index contributed by atoms with van der Waals surface area (Å²) in [5.74, 6) is 4.29. The highest BCUT2D eigenvalue weighted by Gasteiger charge is 2.42. The number of nitrogens with zero attached hydrogens (tertiary/aromatic N) is 4. The van der Waals surface area contributed by atoms with Gasteiger partial charge in [0.15, 0.2) is 0 Å². The molecule has 3 aliphatic carbocycles.